The summed E-state index contributed by atoms with van der Waals surface area (Å²) < 4.78 is 41.1. The fraction of sp³-hybridized carbons (Fsp3) is 0.455. The number of aliphatic hydroxyl groups excluding tert-OH is 1. The van der Waals surface area contributed by atoms with Gasteiger partial charge in [0, 0.05) is 31.6 Å². The van der Waals surface area contributed by atoms with Gasteiger partial charge in [-0.25, -0.2) is 0 Å². The van der Waals surface area contributed by atoms with E-state index >= 15 is 0 Å². The predicted molar refractivity (Wildman–Crippen MR) is 60.3 cm³/mol. The van der Waals surface area contributed by atoms with Crippen LogP contribution < -0.4 is 0 Å². The lowest BCUT2D eigenvalue weighted by Gasteiger charge is -2.04. The summed E-state index contributed by atoms with van der Waals surface area (Å²) in [6, 6.07) is 1.71. The Morgan fingerprint density at radius 1 is 1.37 bits per heavy atom. The Bertz CT molecular complexity index is 559. The molecule has 0 spiro atoms. The van der Waals surface area contributed by atoms with E-state index in [1.807, 2.05) is 0 Å². The van der Waals surface area contributed by atoms with E-state index in [9.17, 15) is 13.2 Å². The van der Waals surface area contributed by atoms with Crippen molar-refractivity contribution in [2.75, 3.05) is 6.61 Å². The number of nitrogens with zero attached hydrogens (tertiary/aromatic N) is 4. The first-order valence-corrected chi connectivity index (χ1v) is 5.63. The van der Waals surface area contributed by atoms with Crippen LogP contribution in [0.2, 0.25) is 0 Å². The topological polar surface area (TPSA) is 55.9 Å². The molecule has 104 valence electrons. The molecule has 8 heteroatoms. The van der Waals surface area contributed by atoms with E-state index in [0.717, 1.165) is 5.69 Å². The van der Waals surface area contributed by atoms with E-state index < -0.39 is 11.9 Å². The summed E-state index contributed by atoms with van der Waals surface area (Å²) in [5.41, 5.74) is -0.201. The van der Waals surface area contributed by atoms with E-state index in [1.54, 1.807) is 24.0 Å². The number of aromatic nitrogens is 4. The fourth-order valence-electron chi connectivity index (χ4n) is 1.81. The van der Waals surface area contributed by atoms with Gasteiger partial charge in [0.2, 0.25) is 0 Å². The first-order valence-electron chi connectivity index (χ1n) is 5.63. The summed E-state index contributed by atoms with van der Waals surface area (Å²) in [6.07, 6.45) is -1.70. The van der Waals surface area contributed by atoms with Crippen LogP contribution in [0.1, 0.15) is 17.0 Å². The van der Waals surface area contributed by atoms with E-state index in [2.05, 4.69) is 10.2 Å². The highest BCUT2D eigenvalue weighted by molar-refractivity contribution is 5.21. The third-order valence-corrected chi connectivity index (χ3v) is 2.73. The molecule has 2 heterocycles. The van der Waals surface area contributed by atoms with Crippen LogP contribution in [-0.4, -0.2) is 31.3 Å². The molecular formula is C11H13F3N4O. The highest BCUT2D eigenvalue weighted by Crippen LogP contribution is 2.31. The normalized spacial score (nSPS) is 12.1. The maximum absolute atomic E-state index is 12.8. The van der Waals surface area contributed by atoms with Crippen molar-refractivity contribution < 1.29 is 18.3 Å². The second-order valence-corrected chi connectivity index (χ2v) is 4.12. The number of rotatable bonds is 4. The zero-order valence-electron chi connectivity index (χ0n) is 10.2. The second-order valence-electron chi connectivity index (χ2n) is 4.12. The molecule has 19 heavy (non-hydrogen) atoms. The number of hydrogen-bond donors (Lipinski definition) is 1. The molecule has 0 aliphatic carbocycles. The molecule has 2 rings (SSSR count). The van der Waals surface area contributed by atoms with Crippen molar-refractivity contribution in [3.8, 4) is 0 Å². The summed E-state index contributed by atoms with van der Waals surface area (Å²) in [5, 5.41) is 16.3. The Labute approximate surface area is 107 Å². The third-order valence-electron chi connectivity index (χ3n) is 2.73. The average molecular weight is 274 g/mol. The van der Waals surface area contributed by atoms with Crippen molar-refractivity contribution in [1.29, 1.82) is 0 Å². The molecule has 1 N–H and O–H groups in total. The number of hydrogen-bond acceptors (Lipinski definition) is 3. The van der Waals surface area contributed by atoms with Gasteiger partial charge in [0.1, 0.15) is 0 Å². The first-order chi connectivity index (χ1) is 8.91. The zero-order valence-corrected chi connectivity index (χ0v) is 10.2. The Kier molecular flexibility index (Phi) is 3.61. The lowest BCUT2D eigenvalue weighted by Crippen LogP contribution is -2.11. The second kappa shape index (κ2) is 5.04. The number of aliphatic hydroxyl groups is 1. The standard InChI is InChI=1S/C11H13F3N4O/c1-17-9(2-4-15-17)7-18-6-8(3-5-19)10(16-18)11(12,13)14/h2,4,6,19H,3,5,7H2,1H3. The van der Waals surface area contributed by atoms with Crippen LogP contribution in [0.5, 0.6) is 0 Å². The Morgan fingerprint density at radius 2 is 2.11 bits per heavy atom. The monoisotopic (exact) mass is 274 g/mol. The molecule has 0 aliphatic heterocycles. The summed E-state index contributed by atoms with van der Waals surface area (Å²) in [5.74, 6) is 0. The van der Waals surface area contributed by atoms with Gasteiger partial charge < -0.3 is 5.11 Å². The van der Waals surface area contributed by atoms with E-state index in [0.29, 0.717) is 0 Å². The number of halogens is 3. The molecule has 0 saturated heterocycles. The molecule has 0 radical (unpaired) electrons. The van der Waals surface area contributed by atoms with Gasteiger partial charge in [0.25, 0.3) is 0 Å². The summed E-state index contributed by atoms with van der Waals surface area (Å²) >= 11 is 0. The summed E-state index contributed by atoms with van der Waals surface area (Å²) in [7, 11) is 1.71. The molecule has 0 unspecified atom stereocenters. The van der Waals surface area contributed by atoms with E-state index in [1.165, 1.54) is 10.9 Å². The van der Waals surface area contributed by atoms with Gasteiger partial charge >= 0.3 is 6.18 Å². The minimum Gasteiger partial charge on any atom is -0.396 e. The largest absolute Gasteiger partial charge is 0.435 e. The Balaban J connectivity index is 2.30. The van der Waals surface area contributed by atoms with E-state index in [4.69, 9.17) is 5.11 Å². The van der Waals surface area contributed by atoms with Gasteiger partial charge in [0.15, 0.2) is 5.69 Å². The van der Waals surface area contributed by atoms with Crippen LogP contribution in [0.3, 0.4) is 0 Å². The van der Waals surface area contributed by atoms with Gasteiger partial charge in [-0.15, -0.1) is 0 Å². The highest BCUT2D eigenvalue weighted by Gasteiger charge is 2.36. The van der Waals surface area contributed by atoms with Crippen molar-refractivity contribution in [2.45, 2.75) is 19.1 Å². The third kappa shape index (κ3) is 2.95. The molecular weight excluding hydrogens is 261 g/mol. The number of aryl methyl sites for hydroxylation is 1. The van der Waals surface area contributed by atoms with Crippen LogP contribution in [-0.2, 0) is 26.2 Å². The molecule has 0 amide bonds. The lowest BCUT2D eigenvalue weighted by atomic mass is 10.2. The van der Waals surface area contributed by atoms with Crippen LogP contribution in [0.15, 0.2) is 18.5 Å². The summed E-state index contributed by atoms with van der Waals surface area (Å²) in [4.78, 5) is 0. The van der Waals surface area contributed by atoms with Crippen LogP contribution in [0, 0.1) is 0 Å². The average Bonchev–Trinajstić information content (AvgIpc) is 2.87. The Morgan fingerprint density at radius 3 is 2.63 bits per heavy atom. The van der Waals surface area contributed by atoms with Gasteiger partial charge in [-0.2, -0.15) is 23.4 Å². The molecule has 0 aromatic carbocycles. The predicted octanol–water partition coefficient (Wildman–Crippen LogP) is 1.22. The molecule has 0 fully saturated rings. The molecule has 2 aromatic heterocycles. The molecule has 0 atom stereocenters. The fourth-order valence-corrected chi connectivity index (χ4v) is 1.81. The molecule has 0 saturated carbocycles. The van der Waals surface area contributed by atoms with Crippen molar-refractivity contribution in [3.63, 3.8) is 0 Å². The van der Waals surface area contributed by atoms with Crippen LogP contribution in [0.25, 0.3) is 0 Å². The highest BCUT2D eigenvalue weighted by atomic mass is 19.4. The van der Waals surface area contributed by atoms with Crippen molar-refractivity contribution in [1.82, 2.24) is 19.6 Å². The van der Waals surface area contributed by atoms with Gasteiger partial charge in [0.05, 0.1) is 12.2 Å². The van der Waals surface area contributed by atoms with Gasteiger partial charge in [-0.05, 0) is 12.5 Å². The smallest absolute Gasteiger partial charge is 0.396 e. The number of alkyl halides is 3. The summed E-state index contributed by atoms with van der Waals surface area (Å²) in [6.45, 7) is -0.147. The van der Waals surface area contributed by atoms with Crippen molar-refractivity contribution in [3.05, 3.63) is 35.4 Å². The van der Waals surface area contributed by atoms with Gasteiger partial charge in [-0.1, -0.05) is 0 Å². The SMILES string of the molecule is Cn1nccc1Cn1cc(CCO)c(C(F)(F)F)n1. The quantitative estimate of drug-likeness (QED) is 0.912. The zero-order chi connectivity index (χ0) is 14.0. The molecule has 2 aromatic rings. The maximum atomic E-state index is 12.8. The molecule has 0 bridgehead atoms. The van der Waals surface area contributed by atoms with Crippen LogP contribution in [0.4, 0.5) is 13.2 Å². The minimum atomic E-state index is -4.51. The van der Waals surface area contributed by atoms with Crippen LogP contribution >= 0.6 is 0 Å². The maximum Gasteiger partial charge on any atom is 0.435 e. The van der Waals surface area contributed by atoms with Gasteiger partial charge in [-0.3, -0.25) is 9.36 Å². The van der Waals surface area contributed by atoms with Crippen molar-refractivity contribution in [2.24, 2.45) is 7.05 Å². The van der Waals surface area contributed by atoms with Crippen molar-refractivity contribution >= 4 is 0 Å². The molecule has 0 aliphatic rings. The minimum absolute atomic E-state index is 0.00262. The van der Waals surface area contributed by atoms with E-state index in [-0.39, 0.29) is 25.1 Å². The molecule has 5 nitrogen and oxygen atoms in total. The first kappa shape index (κ1) is 13.6. The lowest BCUT2D eigenvalue weighted by molar-refractivity contribution is -0.142. The Hall–Kier alpha value is -1.83.